The number of nitrogens with two attached hydrogens (primary N) is 1. The van der Waals surface area contributed by atoms with Gasteiger partial charge in [0.2, 0.25) is 5.95 Å². The van der Waals surface area contributed by atoms with E-state index in [1.807, 2.05) is 0 Å². The van der Waals surface area contributed by atoms with Crippen molar-refractivity contribution >= 4 is 11.8 Å². The predicted molar refractivity (Wildman–Crippen MR) is 94.4 cm³/mol. The quantitative estimate of drug-likeness (QED) is 0.874. The van der Waals surface area contributed by atoms with Crippen LogP contribution < -0.4 is 10.6 Å². The minimum Gasteiger partial charge on any atom is -0.379 e. The molecule has 0 aliphatic carbocycles. The summed E-state index contributed by atoms with van der Waals surface area (Å²) < 4.78 is 11.5. The molecule has 0 amide bonds. The van der Waals surface area contributed by atoms with Crippen LogP contribution in [0.25, 0.3) is 0 Å². The second kappa shape index (κ2) is 8.09. The topological polar surface area (TPSA) is 76.7 Å². The van der Waals surface area contributed by atoms with Crippen LogP contribution >= 0.6 is 0 Å². The van der Waals surface area contributed by atoms with Crippen LogP contribution in [-0.2, 0) is 15.9 Å². The lowest BCUT2D eigenvalue weighted by molar-refractivity contribution is -0.00509. The first-order chi connectivity index (χ1) is 11.7. The highest BCUT2D eigenvalue weighted by atomic mass is 16.5. The highest BCUT2D eigenvalue weighted by molar-refractivity contribution is 5.51. The Balaban J connectivity index is 1.73. The van der Waals surface area contributed by atoms with Crippen LogP contribution in [-0.4, -0.2) is 73.5 Å². The Labute approximate surface area is 144 Å². The minimum atomic E-state index is 0.186. The Morgan fingerprint density at radius 1 is 1.17 bits per heavy atom. The predicted octanol–water partition coefficient (Wildman–Crippen LogP) is 0.857. The van der Waals surface area contributed by atoms with Gasteiger partial charge in [-0.25, -0.2) is 4.98 Å². The Morgan fingerprint density at radius 2 is 1.96 bits per heavy atom. The van der Waals surface area contributed by atoms with Gasteiger partial charge in [0.15, 0.2) is 0 Å². The molecule has 2 saturated heterocycles. The average molecular weight is 335 g/mol. The molecule has 134 valence electrons. The summed E-state index contributed by atoms with van der Waals surface area (Å²) in [6, 6.07) is 0. The second-order valence-corrected chi connectivity index (χ2v) is 6.54. The summed E-state index contributed by atoms with van der Waals surface area (Å²) in [5.74, 6) is 1.33. The fourth-order valence-corrected chi connectivity index (χ4v) is 3.49. The number of anilines is 2. The second-order valence-electron chi connectivity index (χ2n) is 6.54. The molecule has 0 spiro atoms. The summed E-state index contributed by atoms with van der Waals surface area (Å²) in [6.45, 7) is 11.3. The van der Waals surface area contributed by atoms with Gasteiger partial charge in [-0.3, -0.25) is 4.90 Å². The lowest BCUT2D eigenvalue weighted by Gasteiger charge is -2.32. The van der Waals surface area contributed by atoms with E-state index in [2.05, 4.69) is 33.6 Å². The molecule has 1 aromatic heterocycles. The van der Waals surface area contributed by atoms with E-state index in [1.165, 1.54) is 0 Å². The molecule has 2 aliphatic heterocycles. The average Bonchev–Trinajstić information content (AvgIpc) is 2.83. The van der Waals surface area contributed by atoms with Crippen LogP contribution in [0.3, 0.4) is 0 Å². The number of ether oxygens (including phenoxy) is 2. The van der Waals surface area contributed by atoms with Gasteiger partial charge in [-0.15, -0.1) is 0 Å². The monoisotopic (exact) mass is 335 g/mol. The van der Waals surface area contributed by atoms with Crippen LogP contribution in [0.4, 0.5) is 11.8 Å². The standard InChI is InChI=1S/C17H29N5O2/c1-3-15-13(2)16(20-17(18)19-15)22-5-4-8-24-14(12-22)11-21-6-9-23-10-7-21/h14H,3-12H2,1-2H3,(H2,18,19,20). The Kier molecular flexibility index (Phi) is 5.86. The summed E-state index contributed by atoms with van der Waals surface area (Å²) in [6.07, 6.45) is 2.06. The Morgan fingerprint density at radius 3 is 2.71 bits per heavy atom. The van der Waals surface area contributed by atoms with Crippen molar-refractivity contribution in [3.05, 3.63) is 11.3 Å². The van der Waals surface area contributed by atoms with E-state index in [1.54, 1.807) is 0 Å². The van der Waals surface area contributed by atoms with Crippen LogP contribution in [0.2, 0.25) is 0 Å². The summed E-state index contributed by atoms with van der Waals surface area (Å²) >= 11 is 0. The van der Waals surface area contributed by atoms with Gasteiger partial charge >= 0.3 is 0 Å². The maximum absolute atomic E-state index is 6.09. The fraction of sp³-hybridized carbons (Fsp3) is 0.765. The first-order valence-corrected chi connectivity index (χ1v) is 8.97. The van der Waals surface area contributed by atoms with Crippen molar-refractivity contribution in [3.63, 3.8) is 0 Å². The lowest BCUT2D eigenvalue weighted by atomic mass is 10.1. The Hall–Kier alpha value is -1.44. The number of rotatable bonds is 4. The van der Waals surface area contributed by atoms with Crippen molar-refractivity contribution < 1.29 is 9.47 Å². The molecule has 3 heterocycles. The number of nitrogens with zero attached hydrogens (tertiary/aromatic N) is 4. The zero-order valence-electron chi connectivity index (χ0n) is 14.8. The lowest BCUT2D eigenvalue weighted by Crippen LogP contribution is -2.45. The van der Waals surface area contributed by atoms with E-state index in [9.17, 15) is 0 Å². The SMILES string of the molecule is CCc1nc(N)nc(N2CCCOC(CN3CCOCC3)C2)c1C. The molecule has 0 radical (unpaired) electrons. The molecular weight excluding hydrogens is 306 g/mol. The van der Waals surface area contributed by atoms with Crippen molar-refractivity contribution in [1.29, 1.82) is 0 Å². The van der Waals surface area contributed by atoms with Crippen molar-refractivity contribution in [1.82, 2.24) is 14.9 Å². The van der Waals surface area contributed by atoms with E-state index in [0.29, 0.717) is 5.95 Å². The molecule has 1 atom stereocenters. The van der Waals surface area contributed by atoms with Gasteiger partial charge < -0.3 is 20.1 Å². The molecule has 7 nitrogen and oxygen atoms in total. The van der Waals surface area contributed by atoms with Crippen molar-refractivity contribution in [2.24, 2.45) is 0 Å². The van der Waals surface area contributed by atoms with E-state index in [0.717, 1.165) is 82.5 Å². The number of morpholine rings is 1. The number of hydrogen-bond acceptors (Lipinski definition) is 7. The normalized spacial score (nSPS) is 23.2. The molecule has 1 unspecified atom stereocenters. The third-order valence-electron chi connectivity index (χ3n) is 4.79. The van der Waals surface area contributed by atoms with E-state index < -0.39 is 0 Å². The van der Waals surface area contributed by atoms with Crippen molar-refractivity contribution in [2.75, 3.05) is 63.2 Å². The minimum absolute atomic E-state index is 0.186. The fourth-order valence-electron chi connectivity index (χ4n) is 3.49. The van der Waals surface area contributed by atoms with E-state index in [-0.39, 0.29) is 6.10 Å². The molecular formula is C17H29N5O2. The van der Waals surface area contributed by atoms with Gasteiger partial charge in [-0.2, -0.15) is 4.98 Å². The van der Waals surface area contributed by atoms with E-state index >= 15 is 0 Å². The zero-order valence-corrected chi connectivity index (χ0v) is 14.8. The number of nitrogen functional groups attached to an aromatic ring is 1. The summed E-state index contributed by atoms with van der Waals surface area (Å²) in [7, 11) is 0. The van der Waals surface area contributed by atoms with Crippen molar-refractivity contribution in [2.45, 2.75) is 32.8 Å². The van der Waals surface area contributed by atoms with Crippen LogP contribution in [0.5, 0.6) is 0 Å². The molecule has 2 aliphatic rings. The van der Waals surface area contributed by atoms with Gasteiger partial charge in [0.25, 0.3) is 0 Å². The van der Waals surface area contributed by atoms with Gasteiger partial charge in [0, 0.05) is 44.9 Å². The maximum atomic E-state index is 6.09. The van der Waals surface area contributed by atoms with Gasteiger partial charge in [-0.1, -0.05) is 6.92 Å². The smallest absolute Gasteiger partial charge is 0.222 e. The molecule has 0 bridgehead atoms. The molecule has 3 rings (SSSR count). The maximum Gasteiger partial charge on any atom is 0.222 e. The van der Waals surface area contributed by atoms with E-state index in [4.69, 9.17) is 15.2 Å². The first-order valence-electron chi connectivity index (χ1n) is 8.97. The molecule has 7 heteroatoms. The van der Waals surface area contributed by atoms with Gasteiger partial charge in [-0.05, 0) is 19.8 Å². The van der Waals surface area contributed by atoms with Gasteiger partial charge in [0.05, 0.1) is 25.0 Å². The first kappa shape index (κ1) is 17.4. The highest BCUT2D eigenvalue weighted by Gasteiger charge is 2.25. The molecule has 0 aromatic carbocycles. The Bertz CT molecular complexity index is 548. The summed E-state index contributed by atoms with van der Waals surface area (Å²) in [5, 5.41) is 0. The number of aryl methyl sites for hydroxylation is 1. The summed E-state index contributed by atoms with van der Waals surface area (Å²) in [4.78, 5) is 13.7. The van der Waals surface area contributed by atoms with Crippen molar-refractivity contribution in [3.8, 4) is 0 Å². The van der Waals surface area contributed by atoms with Gasteiger partial charge in [0.1, 0.15) is 5.82 Å². The molecule has 0 saturated carbocycles. The van der Waals surface area contributed by atoms with Crippen LogP contribution in [0.1, 0.15) is 24.6 Å². The molecule has 2 N–H and O–H groups in total. The summed E-state index contributed by atoms with van der Waals surface area (Å²) in [5.41, 5.74) is 8.10. The molecule has 2 fully saturated rings. The number of hydrogen-bond donors (Lipinski definition) is 1. The van der Waals surface area contributed by atoms with Crippen LogP contribution in [0.15, 0.2) is 0 Å². The third kappa shape index (κ3) is 4.15. The zero-order chi connectivity index (χ0) is 16.9. The molecule has 24 heavy (non-hydrogen) atoms. The molecule has 1 aromatic rings. The highest BCUT2D eigenvalue weighted by Crippen LogP contribution is 2.23. The number of aromatic nitrogens is 2. The third-order valence-corrected chi connectivity index (χ3v) is 4.79. The largest absolute Gasteiger partial charge is 0.379 e. The van der Waals surface area contributed by atoms with Crippen LogP contribution in [0, 0.1) is 6.92 Å².